The van der Waals surface area contributed by atoms with E-state index in [2.05, 4.69) is 20.9 Å². The summed E-state index contributed by atoms with van der Waals surface area (Å²) in [5.74, 6) is -1.13. The minimum Gasteiger partial charge on any atom is -0.476 e. The Morgan fingerprint density at radius 2 is 2.37 bits per heavy atom. The molecule has 1 aromatic heterocycles. The first kappa shape index (κ1) is 13.5. The van der Waals surface area contributed by atoms with Gasteiger partial charge < -0.3 is 15.7 Å². The minimum absolute atomic E-state index is 0.0155. The van der Waals surface area contributed by atoms with Crippen molar-refractivity contribution in [1.29, 1.82) is 0 Å². The molecule has 1 aliphatic heterocycles. The molecule has 1 aliphatic rings. The van der Waals surface area contributed by atoms with Crippen LogP contribution < -0.4 is 10.6 Å². The molecule has 2 heterocycles. The smallest absolute Gasteiger partial charge is 0.358 e. The molecule has 0 spiro atoms. The van der Waals surface area contributed by atoms with Gasteiger partial charge in [-0.3, -0.25) is 4.79 Å². The zero-order valence-electron chi connectivity index (χ0n) is 10.5. The third kappa shape index (κ3) is 3.75. The second-order valence-corrected chi connectivity index (χ2v) is 4.47. The van der Waals surface area contributed by atoms with Crippen molar-refractivity contribution < 1.29 is 14.7 Å². The highest BCUT2D eigenvalue weighted by Crippen LogP contribution is 2.06. The van der Waals surface area contributed by atoms with Gasteiger partial charge in [0.25, 0.3) is 0 Å². The molecule has 3 N–H and O–H groups in total. The van der Waals surface area contributed by atoms with Gasteiger partial charge >= 0.3 is 5.97 Å². The van der Waals surface area contributed by atoms with E-state index >= 15 is 0 Å². The van der Waals surface area contributed by atoms with Gasteiger partial charge in [-0.1, -0.05) is 11.6 Å². The second-order valence-electron chi connectivity index (χ2n) is 4.47. The van der Waals surface area contributed by atoms with Crippen molar-refractivity contribution in [2.75, 3.05) is 13.1 Å². The Morgan fingerprint density at radius 1 is 1.53 bits per heavy atom. The summed E-state index contributed by atoms with van der Waals surface area (Å²) < 4.78 is 1.40. The molecule has 0 bridgehead atoms. The Bertz CT molecular complexity index is 453. The molecule has 1 atom stereocenters. The lowest BCUT2D eigenvalue weighted by Crippen LogP contribution is -2.47. The Morgan fingerprint density at radius 3 is 3.00 bits per heavy atom. The van der Waals surface area contributed by atoms with Crippen LogP contribution in [0.5, 0.6) is 0 Å². The first-order valence-electron chi connectivity index (χ1n) is 6.31. The van der Waals surface area contributed by atoms with Crippen molar-refractivity contribution in [3.05, 3.63) is 11.9 Å². The van der Waals surface area contributed by atoms with Crippen molar-refractivity contribution in [2.24, 2.45) is 0 Å². The van der Waals surface area contributed by atoms with Crippen LogP contribution in [-0.2, 0) is 11.3 Å². The predicted octanol–water partition coefficient (Wildman–Crippen LogP) is -0.765. The fourth-order valence-electron chi connectivity index (χ4n) is 2.00. The summed E-state index contributed by atoms with van der Waals surface area (Å²) in [5.41, 5.74) is -0.0970. The molecule has 0 unspecified atom stereocenters. The summed E-state index contributed by atoms with van der Waals surface area (Å²) in [6.07, 6.45) is 4.38. The molecule has 1 fully saturated rings. The third-order valence-corrected chi connectivity index (χ3v) is 3.02. The fraction of sp³-hybridized carbons (Fsp3) is 0.636. The van der Waals surface area contributed by atoms with E-state index in [9.17, 15) is 9.59 Å². The van der Waals surface area contributed by atoms with E-state index in [1.807, 2.05) is 0 Å². The highest BCUT2D eigenvalue weighted by Gasteiger charge is 2.19. The third-order valence-electron chi connectivity index (χ3n) is 3.02. The summed E-state index contributed by atoms with van der Waals surface area (Å²) in [4.78, 5) is 22.4. The van der Waals surface area contributed by atoms with Crippen molar-refractivity contribution in [2.45, 2.75) is 31.8 Å². The van der Waals surface area contributed by atoms with Crippen LogP contribution in [0.15, 0.2) is 6.20 Å². The van der Waals surface area contributed by atoms with Crippen molar-refractivity contribution in [3.8, 4) is 0 Å². The largest absolute Gasteiger partial charge is 0.476 e. The molecule has 0 radical (unpaired) electrons. The average molecular weight is 267 g/mol. The number of carbonyl (C=O) groups is 2. The normalized spacial score (nSPS) is 19.1. The Labute approximate surface area is 110 Å². The number of carbonyl (C=O) groups excluding carboxylic acids is 1. The van der Waals surface area contributed by atoms with E-state index in [1.165, 1.54) is 10.9 Å². The number of nitrogens with one attached hydrogen (secondary N) is 2. The van der Waals surface area contributed by atoms with Gasteiger partial charge in [-0.2, -0.15) is 0 Å². The molecule has 0 saturated carbocycles. The highest BCUT2D eigenvalue weighted by atomic mass is 16.4. The first-order chi connectivity index (χ1) is 9.16. The SMILES string of the molecule is O=C(O)c1cn(CCNC(=O)[C@@H]2CCCCN2)nn1. The molecule has 2 rings (SSSR count). The van der Waals surface area contributed by atoms with Gasteiger partial charge in [0.05, 0.1) is 18.8 Å². The van der Waals surface area contributed by atoms with Gasteiger partial charge in [-0.15, -0.1) is 5.10 Å². The molecular weight excluding hydrogens is 250 g/mol. The number of carboxylic acids is 1. The first-order valence-corrected chi connectivity index (χ1v) is 6.31. The zero-order valence-corrected chi connectivity index (χ0v) is 10.5. The molecule has 1 saturated heterocycles. The highest BCUT2D eigenvalue weighted by molar-refractivity contribution is 5.84. The molecule has 8 heteroatoms. The number of aromatic carboxylic acids is 1. The lowest BCUT2D eigenvalue weighted by molar-refractivity contribution is -0.123. The maximum absolute atomic E-state index is 11.8. The summed E-state index contributed by atoms with van der Waals surface area (Å²) in [6.45, 7) is 1.68. The molecule has 19 heavy (non-hydrogen) atoms. The molecule has 104 valence electrons. The van der Waals surface area contributed by atoms with Crippen molar-refractivity contribution >= 4 is 11.9 Å². The molecule has 1 amide bonds. The van der Waals surface area contributed by atoms with Crippen LogP contribution in [-0.4, -0.2) is 51.1 Å². The van der Waals surface area contributed by atoms with E-state index in [4.69, 9.17) is 5.11 Å². The maximum Gasteiger partial charge on any atom is 0.358 e. The van der Waals surface area contributed by atoms with Crippen LogP contribution in [0.25, 0.3) is 0 Å². The molecule has 8 nitrogen and oxygen atoms in total. The van der Waals surface area contributed by atoms with Crippen LogP contribution in [0, 0.1) is 0 Å². The molecule has 0 aromatic carbocycles. The summed E-state index contributed by atoms with van der Waals surface area (Å²) in [7, 11) is 0. The van der Waals surface area contributed by atoms with Crippen molar-refractivity contribution in [1.82, 2.24) is 25.6 Å². The number of hydrogen-bond acceptors (Lipinski definition) is 5. The lowest BCUT2D eigenvalue weighted by atomic mass is 10.0. The topological polar surface area (TPSA) is 109 Å². The quantitative estimate of drug-likeness (QED) is 0.646. The van der Waals surface area contributed by atoms with Crippen LogP contribution in [0.1, 0.15) is 29.8 Å². The minimum atomic E-state index is -1.11. The number of amides is 1. The van der Waals surface area contributed by atoms with Gasteiger partial charge in [0.1, 0.15) is 0 Å². The predicted molar refractivity (Wildman–Crippen MR) is 65.6 cm³/mol. The fourth-order valence-corrected chi connectivity index (χ4v) is 2.00. The second kappa shape index (κ2) is 6.28. The summed E-state index contributed by atoms with van der Waals surface area (Å²) in [6, 6.07) is -0.112. The maximum atomic E-state index is 11.8. The number of piperidine rings is 1. The van der Waals surface area contributed by atoms with Crippen LogP contribution in [0.2, 0.25) is 0 Å². The van der Waals surface area contributed by atoms with E-state index in [0.29, 0.717) is 13.1 Å². The Hall–Kier alpha value is -1.96. The van der Waals surface area contributed by atoms with Crippen LogP contribution >= 0.6 is 0 Å². The van der Waals surface area contributed by atoms with Gasteiger partial charge in [0, 0.05) is 6.54 Å². The number of aromatic nitrogens is 3. The van der Waals surface area contributed by atoms with Crippen LogP contribution in [0.3, 0.4) is 0 Å². The number of carboxylic acid groups (broad SMARTS) is 1. The van der Waals surface area contributed by atoms with Crippen molar-refractivity contribution in [3.63, 3.8) is 0 Å². The van der Waals surface area contributed by atoms with E-state index < -0.39 is 5.97 Å². The summed E-state index contributed by atoms with van der Waals surface area (Å²) in [5, 5.41) is 21.8. The van der Waals surface area contributed by atoms with E-state index in [1.54, 1.807) is 0 Å². The number of hydrogen-bond donors (Lipinski definition) is 3. The lowest BCUT2D eigenvalue weighted by Gasteiger charge is -2.22. The Kier molecular flexibility index (Phi) is 4.45. The molecule has 1 aromatic rings. The summed E-state index contributed by atoms with van der Waals surface area (Å²) >= 11 is 0. The standard InChI is InChI=1S/C11H17N5O3/c17-10(8-3-1-2-4-12-8)13-5-6-16-7-9(11(18)19)14-15-16/h7-8,12H,1-6H2,(H,13,17)(H,18,19)/t8-/m0/s1. The molecule has 0 aliphatic carbocycles. The van der Waals surface area contributed by atoms with Gasteiger partial charge in [0.15, 0.2) is 5.69 Å². The van der Waals surface area contributed by atoms with E-state index in [-0.39, 0.29) is 17.6 Å². The van der Waals surface area contributed by atoms with E-state index in [0.717, 1.165) is 25.8 Å². The van der Waals surface area contributed by atoms with Gasteiger partial charge in [-0.25, -0.2) is 9.48 Å². The Balaban J connectivity index is 1.73. The molecular formula is C11H17N5O3. The van der Waals surface area contributed by atoms with Crippen LogP contribution in [0.4, 0.5) is 0 Å². The number of nitrogens with zero attached hydrogens (tertiary/aromatic N) is 3. The van der Waals surface area contributed by atoms with Gasteiger partial charge in [0.2, 0.25) is 5.91 Å². The monoisotopic (exact) mass is 267 g/mol. The van der Waals surface area contributed by atoms with Gasteiger partial charge in [-0.05, 0) is 19.4 Å². The number of rotatable bonds is 5. The average Bonchev–Trinajstić information content (AvgIpc) is 2.89. The zero-order chi connectivity index (χ0) is 13.7.